The topological polar surface area (TPSA) is 205 Å². The summed E-state index contributed by atoms with van der Waals surface area (Å²) in [5.41, 5.74) is 0.591. The molecule has 0 aromatic rings. The molecular formula is C54H85NO14. The molecule has 3 N–H and O–H groups in total. The van der Waals surface area contributed by atoms with Crippen molar-refractivity contribution in [1.29, 1.82) is 0 Å². The van der Waals surface area contributed by atoms with E-state index in [1.165, 1.54) is 67.1 Å². The number of esters is 1. The standard InChI is InChI=1S/C54H85NO14/c1-32-17-13-12-14-18-33(2)45(64-9)30-41-22-20-37(6)54(63,69-41)51(60)52(61)55-24-16-15-19-42(55)53(62)68-46(35(4)28-40-21-23-44(67-26-25-56)47(29-40)65-10)31-43(57)34(3)27-36(5)48(58)50(66-11)49(59)39(8)38(32)7/h12-14,17-18,27,32,34-35,37-42,44-48,50,56,58,63H,15-16,19-26,28-31H2,1-11H3/b14-12?,17-13+,33-18?,36-27+/t32-,34-,35-,37-,38?,39-,40+,41+,42+,44-,45+,46+,47-,48-,50-,54-/m1/s1/i9D3,25D2,26D2,32D,38D. The lowest BCUT2D eigenvalue weighted by Crippen LogP contribution is -2.61. The Bertz CT molecular complexity index is 2230. The van der Waals surface area contributed by atoms with Crippen LogP contribution < -0.4 is 0 Å². The van der Waals surface area contributed by atoms with Crippen LogP contribution in [0.5, 0.6) is 0 Å². The first-order chi connectivity index (χ1) is 35.9. The Kier molecular flexibility index (Phi) is 18.1. The Labute approximate surface area is 424 Å². The summed E-state index contributed by atoms with van der Waals surface area (Å²) in [7, 11) is -0.273. The molecule has 0 spiro atoms. The van der Waals surface area contributed by atoms with Crippen LogP contribution in [-0.4, -0.2) is 145 Å². The molecule has 16 atom stereocenters. The van der Waals surface area contributed by atoms with E-state index in [2.05, 4.69) is 0 Å². The highest BCUT2D eigenvalue weighted by molar-refractivity contribution is 6.39. The number of hydrogen-bond acceptors (Lipinski definition) is 14. The van der Waals surface area contributed by atoms with Crippen molar-refractivity contribution < 1.29 is 80.1 Å². The van der Waals surface area contributed by atoms with E-state index in [1.807, 2.05) is 0 Å². The summed E-state index contributed by atoms with van der Waals surface area (Å²) in [5, 5.41) is 33.5. The molecule has 390 valence electrons. The molecule has 1 aliphatic carbocycles. The molecule has 1 unspecified atom stereocenters. The number of piperidine rings is 1. The third-order valence-electron chi connectivity index (χ3n) is 15.0. The summed E-state index contributed by atoms with van der Waals surface area (Å²) in [6, 6.07) is -1.32. The number of carbonyl (C=O) groups is 5. The first-order valence-corrected chi connectivity index (χ1v) is 24.5. The van der Waals surface area contributed by atoms with E-state index in [0.717, 1.165) is 4.90 Å². The van der Waals surface area contributed by atoms with E-state index in [0.29, 0.717) is 31.3 Å². The van der Waals surface area contributed by atoms with Gasteiger partial charge in [-0.1, -0.05) is 78.0 Å². The number of amides is 1. The lowest BCUT2D eigenvalue weighted by atomic mass is 9.78. The molecule has 69 heavy (non-hydrogen) atoms. The zero-order chi connectivity index (χ0) is 59.1. The minimum Gasteiger partial charge on any atom is -0.460 e. The van der Waals surface area contributed by atoms with Crippen molar-refractivity contribution in [1.82, 2.24) is 4.90 Å². The number of aliphatic hydroxyl groups excluding tert-OH is 1. The number of hydrogen-bond donors (Lipinski definition) is 3. The van der Waals surface area contributed by atoms with Crippen molar-refractivity contribution >= 4 is 29.2 Å². The number of nitrogens with zero attached hydrogens (tertiary/aromatic N) is 1. The summed E-state index contributed by atoms with van der Waals surface area (Å²) in [5.74, 6) is -14.5. The van der Waals surface area contributed by atoms with Crippen molar-refractivity contribution in [2.24, 2.45) is 41.4 Å². The SMILES string of the molecule is [2H]C([2H])([2H])O[C@H]1C[C@@H]2CC[C@@H](C)[C@@](O)(O2)C(=O)C(=O)N2CCCC[C@H]2C(=O)O[C@H]([C@H](C)C[C@@H]2CC[C@@H](OC([2H])([2H])C([2H])([2H])O)[C@H](OC)C2)CC(=O)[C@H](C)/C=C(\C)[C@@H](O)[C@@H](OC)C(=O)[C@H](C)C([2H])(C)[C@]([2H])(C)/C=C/C=CC=C1C. The van der Waals surface area contributed by atoms with E-state index in [1.54, 1.807) is 39.0 Å². The zero-order valence-corrected chi connectivity index (χ0v) is 42.2. The van der Waals surface area contributed by atoms with Crippen LogP contribution in [0.1, 0.15) is 138 Å². The number of Topliss-reactive ketones (excluding diaryl/α,β-unsaturated/α-hetero) is 3. The predicted octanol–water partition coefficient (Wildman–Crippen LogP) is 6.44. The lowest BCUT2D eigenvalue weighted by molar-refractivity contribution is -0.265. The number of fused-ring (bicyclic) bond motifs is 3. The van der Waals surface area contributed by atoms with E-state index < -0.39 is 139 Å². The number of ether oxygens (including phenoxy) is 6. The fraction of sp³-hybridized carbons (Fsp3) is 0.759. The van der Waals surface area contributed by atoms with Gasteiger partial charge in [-0.05, 0) is 106 Å². The van der Waals surface area contributed by atoms with Crippen LogP contribution in [0.2, 0.25) is 0 Å². The maximum atomic E-state index is 14.6. The molecule has 15 nitrogen and oxygen atoms in total. The van der Waals surface area contributed by atoms with Gasteiger partial charge in [0.2, 0.25) is 5.79 Å². The van der Waals surface area contributed by atoms with Crippen molar-refractivity contribution in [2.75, 3.05) is 40.9 Å². The normalized spacial score (nSPS) is 43.3. The van der Waals surface area contributed by atoms with E-state index in [-0.39, 0.29) is 63.0 Å². The van der Waals surface area contributed by atoms with E-state index in [9.17, 15) is 42.0 Å². The molecule has 3 fully saturated rings. The maximum absolute atomic E-state index is 14.6. The van der Waals surface area contributed by atoms with Gasteiger partial charge in [0, 0.05) is 61.1 Å². The van der Waals surface area contributed by atoms with Crippen LogP contribution in [0.25, 0.3) is 0 Å². The first kappa shape index (κ1) is 45.5. The Hall–Kier alpha value is -3.41. The summed E-state index contributed by atoms with van der Waals surface area (Å²) in [6.45, 7) is 5.92. The average Bonchev–Trinajstić information content (AvgIpc) is 3.35. The maximum Gasteiger partial charge on any atom is 0.329 e. The van der Waals surface area contributed by atoms with E-state index >= 15 is 0 Å². The average molecular weight is 981 g/mol. The van der Waals surface area contributed by atoms with Gasteiger partial charge >= 0.3 is 5.97 Å². The molecule has 2 bridgehead atoms. The molecule has 3 heterocycles. The summed E-state index contributed by atoms with van der Waals surface area (Å²) in [4.78, 5) is 72.9. The number of allylic oxidation sites excluding steroid dienone is 6. The van der Waals surface area contributed by atoms with Gasteiger partial charge in [0.15, 0.2) is 5.78 Å². The van der Waals surface area contributed by atoms with Crippen LogP contribution in [0.4, 0.5) is 0 Å². The van der Waals surface area contributed by atoms with Crippen molar-refractivity contribution in [3.05, 3.63) is 47.6 Å². The van der Waals surface area contributed by atoms with Crippen LogP contribution in [0.15, 0.2) is 47.6 Å². The fourth-order valence-corrected chi connectivity index (χ4v) is 10.0. The number of rotatable bonds is 9. The molecule has 3 aliphatic heterocycles. The first-order valence-electron chi connectivity index (χ1n) is 29.0. The quantitative estimate of drug-likeness (QED) is 0.129. The second kappa shape index (κ2) is 27.4. The van der Waals surface area contributed by atoms with Crippen molar-refractivity contribution in [3.63, 3.8) is 0 Å². The molecule has 0 radical (unpaired) electrons. The van der Waals surface area contributed by atoms with Gasteiger partial charge in [-0.25, -0.2) is 4.79 Å². The van der Waals surface area contributed by atoms with Crippen LogP contribution >= 0.6 is 0 Å². The summed E-state index contributed by atoms with van der Waals surface area (Å²) in [6.07, 6.45) is 3.08. The third kappa shape index (κ3) is 15.3. The molecule has 0 aromatic carbocycles. The minimum atomic E-state index is -3.31. The van der Waals surface area contributed by atoms with Gasteiger partial charge in [0.05, 0.1) is 47.1 Å². The Balaban J connectivity index is 1.78. The van der Waals surface area contributed by atoms with Gasteiger partial charge in [0.25, 0.3) is 11.7 Å². The van der Waals surface area contributed by atoms with Gasteiger partial charge in [-0.3, -0.25) is 19.2 Å². The second-order valence-corrected chi connectivity index (χ2v) is 19.7. The number of aliphatic hydroxyl groups is 3. The predicted molar refractivity (Wildman–Crippen MR) is 261 cm³/mol. The molecule has 1 amide bonds. The number of carbonyl (C=O) groups excluding carboxylic acids is 5. The van der Waals surface area contributed by atoms with Gasteiger partial charge < -0.3 is 48.6 Å². The van der Waals surface area contributed by atoms with Gasteiger partial charge in [-0.2, -0.15) is 0 Å². The molecule has 15 heteroatoms. The molecule has 4 aliphatic rings. The minimum absolute atomic E-state index is 0.0622. The zero-order valence-electron chi connectivity index (χ0n) is 51.2. The Morgan fingerprint density at radius 3 is 2.35 bits per heavy atom. The van der Waals surface area contributed by atoms with E-state index in [4.69, 9.17) is 38.0 Å². The molecule has 4 rings (SSSR count). The monoisotopic (exact) mass is 981 g/mol. The highest BCUT2D eigenvalue weighted by Gasteiger charge is 2.53. The van der Waals surface area contributed by atoms with Gasteiger partial charge in [-0.15, -0.1) is 0 Å². The fourth-order valence-electron chi connectivity index (χ4n) is 10.0. The van der Waals surface area contributed by atoms with Crippen LogP contribution in [0, 0.1) is 41.4 Å². The smallest absolute Gasteiger partial charge is 0.329 e. The lowest BCUT2D eigenvalue weighted by Gasteiger charge is -2.42. The molecule has 0 aromatic heterocycles. The van der Waals surface area contributed by atoms with Gasteiger partial charge in [0.1, 0.15) is 30.1 Å². The van der Waals surface area contributed by atoms with Crippen molar-refractivity contribution in [3.8, 4) is 0 Å². The summed E-state index contributed by atoms with van der Waals surface area (Å²) < 4.78 is 108. The Morgan fingerprint density at radius 2 is 1.67 bits per heavy atom. The Morgan fingerprint density at radius 1 is 0.928 bits per heavy atom. The van der Waals surface area contributed by atoms with Crippen molar-refractivity contribution in [2.45, 2.75) is 181 Å². The highest BCUT2D eigenvalue weighted by Crippen LogP contribution is 2.38. The third-order valence-corrected chi connectivity index (χ3v) is 15.0. The molecular weight excluding hydrogens is 887 g/mol. The molecule has 1 saturated carbocycles. The second-order valence-electron chi connectivity index (χ2n) is 19.7. The molecule has 2 saturated heterocycles. The summed E-state index contributed by atoms with van der Waals surface area (Å²) >= 11 is 0. The number of cyclic esters (lactones) is 1. The number of ketones is 3. The van der Waals surface area contributed by atoms with Crippen LogP contribution in [0.3, 0.4) is 0 Å². The number of methoxy groups -OCH3 is 3. The largest absolute Gasteiger partial charge is 0.460 e. The van der Waals surface area contributed by atoms with Crippen LogP contribution in [-0.2, 0) is 52.4 Å². The highest BCUT2D eigenvalue weighted by atomic mass is 16.6.